The van der Waals surface area contributed by atoms with Crippen LogP contribution in [0.25, 0.3) is 0 Å². The summed E-state index contributed by atoms with van der Waals surface area (Å²) < 4.78 is 0.985. The Kier molecular flexibility index (Phi) is 3.35. The van der Waals surface area contributed by atoms with Crippen LogP contribution in [0, 0.1) is 13.8 Å². The summed E-state index contributed by atoms with van der Waals surface area (Å²) >= 11 is 4.93. The third-order valence-electron chi connectivity index (χ3n) is 2.58. The fourth-order valence-electron chi connectivity index (χ4n) is 1.65. The first-order valence-electron chi connectivity index (χ1n) is 5.16. The van der Waals surface area contributed by atoms with Crippen molar-refractivity contribution in [1.82, 2.24) is 0 Å². The van der Waals surface area contributed by atoms with E-state index in [0.29, 0.717) is 11.3 Å². The number of carbonyl (C=O) groups is 1. The first-order valence-corrected chi connectivity index (χ1v) is 6.76. The lowest BCUT2D eigenvalue weighted by atomic mass is 10.0. The van der Waals surface area contributed by atoms with Gasteiger partial charge in [0.25, 0.3) is 0 Å². The Bertz CT molecular complexity index is 570. The topological polar surface area (TPSA) is 43.1 Å². The second kappa shape index (κ2) is 4.63. The molecule has 88 valence electrons. The van der Waals surface area contributed by atoms with Crippen molar-refractivity contribution in [2.75, 3.05) is 5.73 Å². The number of aryl methyl sites for hydroxylation is 2. The van der Waals surface area contributed by atoms with E-state index in [9.17, 15) is 4.79 Å². The van der Waals surface area contributed by atoms with Crippen LogP contribution in [0.15, 0.2) is 28.7 Å². The molecule has 0 bridgehead atoms. The summed E-state index contributed by atoms with van der Waals surface area (Å²) in [6, 6.07) is 7.24. The van der Waals surface area contributed by atoms with Crippen molar-refractivity contribution < 1.29 is 4.79 Å². The average molecular weight is 310 g/mol. The number of hydrogen-bond donors (Lipinski definition) is 1. The van der Waals surface area contributed by atoms with E-state index >= 15 is 0 Å². The van der Waals surface area contributed by atoms with E-state index in [1.807, 2.05) is 26.0 Å². The lowest BCUT2D eigenvalue weighted by Crippen LogP contribution is -2.02. The molecule has 17 heavy (non-hydrogen) atoms. The molecule has 2 N–H and O–H groups in total. The van der Waals surface area contributed by atoms with Crippen molar-refractivity contribution in [1.29, 1.82) is 0 Å². The summed E-state index contributed by atoms with van der Waals surface area (Å²) in [5.41, 5.74) is 7.99. The van der Waals surface area contributed by atoms with Crippen LogP contribution in [-0.2, 0) is 0 Å². The van der Waals surface area contributed by atoms with Gasteiger partial charge in [-0.2, -0.15) is 0 Å². The van der Waals surface area contributed by atoms with Gasteiger partial charge in [-0.3, -0.25) is 4.79 Å². The zero-order chi connectivity index (χ0) is 12.6. The fraction of sp³-hybridized carbons (Fsp3) is 0.154. The zero-order valence-electron chi connectivity index (χ0n) is 9.58. The van der Waals surface area contributed by atoms with E-state index in [-0.39, 0.29) is 5.78 Å². The number of nitrogens with two attached hydrogens (primary N) is 1. The maximum absolute atomic E-state index is 12.3. The van der Waals surface area contributed by atoms with Crippen LogP contribution in [0.4, 0.5) is 5.69 Å². The smallest absolute Gasteiger partial charge is 0.203 e. The highest BCUT2D eigenvalue weighted by molar-refractivity contribution is 9.10. The molecule has 1 heterocycles. The van der Waals surface area contributed by atoms with E-state index in [4.69, 9.17) is 5.73 Å². The van der Waals surface area contributed by atoms with Gasteiger partial charge in [-0.1, -0.05) is 0 Å². The highest BCUT2D eigenvalue weighted by atomic mass is 79.9. The first-order chi connectivity index (χ1) is 7.99. The number of benzene rings is 1. The Hall–Kier alpha value is -1.13. The van der Waals surface area contributed by atoms with Crippen molar-refractivity contribution in [3.8, 4) is 0 Å². The lowest BCUT2D eigenvalue weighted by Gasteiger charge is -2.04. The molecule has 0 aliphatic heterocycles. The number of carbonyl (C=O) groups excluding carboxylic acids is 1. The molecule has 0 amide bonds. The van der Waals surface area contributed by atoms with Crippen LogP contribution >= 0.6 is 27.3 Å². The van der Waals surface area contributed by atoms with Crippen molar-refractivity contribution in [3.63, 3.8) is 0 Å². The largest absolute Gasteiger partial charge is 0.399 e. The van der Waals surface area contributed by atoms with Gasteiger partial charge in [0.2, 0.25) is 5.78 Å². The minimum Gasteiger partial charge on any atom is -0.399 e. The molecule has 0 saturated heterocycles. The van der Waals surface area contributed by atoms with Crippen LogP contribution < -0.4 is 5.73 Å². The molecule has 1 aromatic heterocycles. The molecule has 0 fully saturated rings. The van der Waals surface area contributed by atoms with Crippen LogP contribution in [0.1, 0.15) is 25.7 Å². The second-order valence-electron chi connectivity index (χ2n) is 3.92. The van der Waals surface area contributed by atoms with E-state index in [2.05, 4.69) is 15.9 Å². The van der Waals surface area contributed by atoms with Gasteiger partial charge in [0.15, 0.2) is 0 Å². The molecule has 2 nitrogen and oxygen atoms in total. The minimum atomic E-state index is 0.0568. The van der Waals surface area contributed by atoms with Crippen molar-refractivity contribution in [2.45, 2.75) is 13.8 Å². The second-order valence-corrected chi connectivity index (χ2v) is 6.03. The summed E-state index contributed by atoms with van der Waals surface area (Å²) in [6.45, 7) is 3.89. The van der Waals surface area contributed by atoms with E-state index in [0.717, 1.165) is 19.8 Å². The van der Waals surface area contributed by atoms with Crippen molar-refractivity contribution in [3.05, 3.63) is 49.6 Å². The van der Waals surface area contributed by atoms with Gasteiger partial charge in [-0.05, 0) is 59.6 Å². The SMILES string of the molecule is Cc1cc(N)ccc1C(=O)c1cc(Br)c(C)s1. The highest BCUT2D eigenvalue weighted by Crippen LogP contribution is 2.29. The standard InChI is InChI=1S/C13H12BrNOS/c1-7-5-9(15)3-4-10(7)13(16)12-6-11(14)8(2)17-12/h3-6H,15H2,1-2H3. The van der Waals surface area contributed by atoms with Gasteiger partial charge in [-0.15, -0.1) is 11.3 Å². The molecule has 0 radical (unpaired) electrons. The van der Waals surface area contributed by atoms with Crippen LogP contribution in [0.2, 0.25) is 0 Å². The molecule has 2 rings (SSSR count). The normalized spacial score (nSPS) is 10.5. The average Bonchev–Trinajstić information content (AvgIpc) is 2.58. The Morgan fingerprint density at radius 3 is 2.53 bits per heavy atom. The third kappa shape index (κ3) is 2.42. The van der Waals surface area contributed by atoms with Gasteiger partial charge in [0, 0.05) is 20.6 Å². The van der Waals surface area contributed by atoms with Gasteiger partial charge in [-0.25, -0.2) is 0 Å². The maximum atomic E-state index is 12.3. The molecular formula is C13H12BrNOS. The molecule has 0 atom stereocenters. The molecule has 0 spiro atoms. The van der Waals surface area contributed by atoms with Crippen LogP contribution in [0.3, 0.4) is 0 Å². The Morgan fingerprint density at radius 1 is 1.29 bits per heavy atom. The van der Waals surface area contributed by atoms with Gasteiger partial charge in [0.1, 0.15) is 0 Å². The predicted molar refractivity (Wildman–Crippen MR) is 75.8 cm³/mol. The lowest BCUT2D eigenvalue weighted by molar-refractivity contribution is 0.104. The number of anilines is 1. The molecule has 0 aliphatic carbocycles. The number of nitrogen functional groups attached to an aromatic ring is 1. The molecule has 1 aromatic carbocycles. The fourth-order valence-corrected chi connectivity index (χ4v) is 3.14. The molecule has 0 aliphatic rings. The highest BCUT2D eigenvalue weighted by Gasteiger charge is 2.15. The van der Waals surface area contributed by atoms with E-state index in [1.54, 1.807) is 12.1 Å². The van der Waals surface area contributed by atoms with Gasteiger partial charge < -0.3 is 5.73 Å². The summed E-state index contributed by atoms with van der Waals surface area (Å²) in [7, 11) is 0. The number of ketones is 1. The number of halogens is 1. The predicted octanol–water partition coefficient (Wildman–Crippen LogP) is 3.94. The number of rotatable bonds is 2. The number of thiophene rings is 1. The first kappa shape index (κ1) is 12.3. The van der Waals surface area contributed by atoms with E-state index < -0.39 is 0 Å². The number of hydrogen-bond acceptors (Lipinski definition) is 3. The van der Waals surface area contributed by atoms with Crippen molar-refractivity contribution in [2.24, 2.45) is 0 Å². The molecule has 0 saturated carbocycles. The quantitative estimate of drug-likeness (QED) is 0.674. The van der Waals surface area contributed by atoms with Gasteiger partial charge >= 0.3 is 0 Å². The molecular weight excluding hydrogens is 298 g/mol. The summed E-state index contributed by atoms with van der Waals surface area (Å²) in [5, 5.41) is 0. The Balaban J connectivity index is 2.43. The van der Waals surface area contributed by atoms with Crippen molar-refractivity contribution >= 4 is 38.7 Å². The monoisotopic (exact) mass is 309 g/mol. The molecule has 4 heteroatoms. The zero-order valence-corrected chi connectivity index (χ0v) is 12.0. The minimum absolute atomic E-state index is 0.0568. The maximum Gasteiger partial charge on any atom is 0.203 e. The van der Waals surface area contributed by atoms with Crippen LogP contribution in [0.5, 0.6) is 0 Å². The Morgan fingerprint density at radius 2 is 2.00 bits per heavy atom. The summed E-state index contributed by atoms with van der Waals surface area (Å²) in [6.07, 6.45) is 0. The summed E-state index contributed by atoms with van der Waals surface area (Å²) in [5.74, 6) is 0.0568. The van der Waals surface area contributed by atoms with E-state index in [1.165, 1.54) is 11.3 Å². The Labute approximate surface area is 113 Å². The van der Waals surface area contributed by atoms with Crippen LogP contribution in [-0.4, -0.2) is 5.78 Å². The van der Waals surface area contributed by atoms with Gasteiger partial charge in [0.05, 0.1) is 4.88 Å². The third-order valence-corrected chi connectivity index (χ3v) is 4.71. The molecule has 2 aromatic rings. The summed E-state index contributed by atoms with van der Waals surface area (Å²) in [4.78, 5) is 14.2. The molecule has 0 unspecified atom stereocenters.